The standard InChI is InChI=1S/C21H22ClN3O2/c1-4-5-19(26)23-15-8-11-17-18(12-15)24-20(13(2)3)25(21(17)27)16-9-6-14(22)7-10-16/h6-13H,4-5H2,1-3H3,(H,23,26). The summed E-state index contributed by atoms with van der Waals surface area (Å²) >= 11 is 5.98. The van der Waals surface area contributed by atoms with E-state index in [1.807, 2.05) is 32.9 Å². The number of carbonyl (C=O) groups excluding carboxylic acids is 1. The van der Waals surface area contributed by atoms with Crippen LogP contribution < -0.4 is 10.9 Å². The molecule has 6 heteroatoms. The van der Waals surface area contributed by atoms with Gasteiger partial charge in [0.1, 0.15) is 5.82 Å². The molecule has 1 N–H and O–H groups in total. The van der Waals surface area contributed by atoms with Crippen molar-refractivity contribution in [3.05, 3.63) is 63.7 Å². The van der Waals surface area contributed by atoms with Crippen molar-refractivity contribution in [1.29, 1.82) is 0 Å². The molecule has 3 aromatic rings. The Labute approximate surface area is 163 Å². The highest BCUT2D eigenvalue weighted by Crippen LogP contribution is 2.22. The predicted molar refractivity (Wildman–Crippen MR) is 110 cm³/mol. The molecule has 0 radical (unpaired) electrons. The van der Waals surface area contributed by atoms with Crippen molar-refractivity contribution in [2.24, 2.45) is 0 Å². The van der Waals surface area contributed by atoms with Crippen LogP contribution in [0.4, 0.5) is 5.69 Å². The molecule has 0 saturated heterocycles. The number of carbonyl (C=O) groups is 1. The molecule has 0 saturated carbocycles. The molecule has 27 heavy (non-hydrogen) atoms. The van der Waals surface area contributed by atoms with Crippen LogP contribution in [0.1, 0.15) is 45.4 Å². The average molecular weight is 384 g/mol. The zero-order valence-electron chi connectivity index (χ0n) is 15.6. The van der Waals surface area contributed by atoms with Gasteiger partial charge >= 0.3 is 0 Å². The lowest BCUT2D eigenvalue weighted by molar-refractivity contribution is -0.116. The Balaban J connectivity index is 2.16. The van der Waals surface area contributed by atoms with Crippen LogP contribution in [0.15, 0.2) is 47.3 Å². The van der Waals surface area contributed by atoms with Gasteiger partial charge in [-0.3, -0.25) is 14.2 Å². The molecule has 0 fully saturated rings. The lowest BCUT2D eigenvalue weighted by atomic mass is 10.1. The number of nitrogens with zero attached hydrogens (tertiary/aromatic N) is 2. The first-order valence-corrected chi connectivity index (χ1v) is 9.41. The third-order valence-electron chi connectivity index (χ3n) is 4.26. The number of halogens is 1. The number of benzene rings is 2. The van der Waals surface area contributed by atoms with Crippen LogP contribution in [-0.4, -0.2) is 15.5 Å². The smallest absolute Gasteiger partial charge is 0.265 e. The van der Waals surface area contributed by atoms with Crippen molar-refractivity contribution in [3.8, 4) is 5.69 Å². The summed E-state index contributed by atoms with van der Waals surface area (Å²) < 4.78 is 1.62. The van der Waals surface area contributed by atoms with Crippen molar-refractivity contribution >= 4 is 34.1 Å². The third kappa shape index (κ3) is 4.03. The second kappa shape index (κ2) is 7.92. The molecule has 0 aliphatic heterocycles. The first kappa shape index (κ1) is 19.1. The summed E-state index contributed by atoms with van der Waals surface area (Å²) in [7, 11) is 0. The van der Waals surface area contributed by atoms with E-state index in [4.69, 9.17) is 16.6 Å². The number of rotatable bonds is 5. The van der Waals surface area contributed by atoms with Crippen molar-refractivity contribution in [3.63, 3.8) is 0 Å². The molecule has 3 rings (SSSR count). The van der Waals surface area contributed by atoms with Gasteiger partial charge in [-0.1, -0.05) is 32.4 Å². The molecule has 0 unspecified atom stereocenters. The van der Waals surface area contributed by atoms with Gasteiger partial charge in [-0.15, -0.1) is 0 Å². The summed E-state index contributed by atoms with van der Waals surface area (Å²) in [6, 6.07) is 12.3. The van der Waals surface area contributed by atoms with E-state index in [-0.39, 0.29) is 17.4 Å². The molecule has 1 amide bonds. The topological polar surface area (TPSA) is 64.0 Å². The fourth-order valence-corrected chi connectivity index (χ4v) is 3.08. The van der Waals surface area contributed by atoms with Crippen LogP contribution in [0.25, 0.3) is 16.6 Å². The molecule has 0 aliphatic rings. The van der Waals surface area contributed by atoms with Gasteiger partial charge in [0.25, 0.3) is 5.56 Å². The van der Waals surface area contributed by atoms with Crippen molar-refractivity contribution in [2.45, 2.75) is 39.5 Å². The molecule has 0 spiro atoms. The van der Waals surface area contributed by atoms with Crippen molar-refractivity contribution in [2.75, 3.05) is 5.32 Å². The quantitative estimate of drug-likeness (QED) is 0.681. The number of nitrogens with one attached hydrogen (secondary N) is 1. The lowest BCUT2D eigenvalue weighted by Gasteiger charge is -2.16. The normalized spacial score (nSPS) is 11.1. The number of hydrogen-bond acceptors (Lipinski definition) is 3. The zero-order valence-corrected chi connectivity index (χ0v) is 16.4. The van der Waals surface area contributed by atoms with Crippen LogP contribution in [0.2, 0.25) is 5.02 Å². The Kier molecular flexibility index (Phi) is 5.61. The van der Waals surface area contributed by atoms with Crippen molar-refractivity contribution in [1.82, 2.24) is 9.55 Å². The lowest BCUT2D eigenvalue weighted by Crippen LogP contribution is -2.24. The predicted octanol–water partition coefficient (Wildman–Crippen LogP) is 4.90. The van der Waals surface area contributed by atoms with Gasteiger partial charge < -0.3 is 5.32 Å². The SMILES string of the molecule is CCCC(=O)Nc1ccc2c(=O)n(-c3ccc(Cl)cc3)c(C(C)C)nc2c1. The Morgan fingerprint density at radius 2 is 1.89 bits per heavy atom. The van der Waals surface area contributed by atoms with Gasteiger partial charge in [0.2, 0.25) is 5.91 Å². The molecule has 1 aromatic heterocycles. The maximum atomic E-state index is 13.2. The van der Waals surface area contributed by atoms with E-state index in [1.165, 1.54) is 0 Å². The molecule has 1 heterocycles. The van der Waals surface area contributed by atoms with Crippen LogP contribution in [0.3, 0.4) is 0 Å². The molecule has 140 valence electrons. The summed E-state index contributed by atoms with van der Waals surface area (Å²) in [5.74, 6) is 0.651. The van der Waals surface area contributed by atoms with Crippen LogP contribution in [0.5, 0.6) is 0 Å². The molecule has 0 bridgehead atoms. The maximum absolute atomic E-state index is 13.2. The molecule has 5 nitrogen and oxygen atoms in total. The largest absolute Gasteiger partial charge is 0.326 e. The second-order valence-corrected chi connectivity index (χ2v) is 7.21. The summed E-state index contributed by atoms with van der Waals surface area (Å²) in [6.07, 6.45) is 1.24. The molecular weight excluding hydrogens is 362 g/mol. The van der Waals surface area contributed by atoms with Gasteiger partial charge in [0.15, 0.2) is 0 Å². The van der Waals surface area contributed by atoms with E-state index >= 15 is 0 Å². The Morgan fingerprint density at radius 1 is 1.19 bits per heavy atom. The number of hydrogen-bond donors (Lipinski definition) is 1. The van der Waals surface area contributed by atoms with Crippen LogP contribution in [-0.2, 0) is 4.79 Å². The Bertz CT molecular complexity index is 1040. The first-order chi connectivity index (χ1) is 12.9. The van der Waals surface area contributed by atoms with Gasteiger partial charge in [0.05, 0.1) is 16.6 Å². The minimum atomic E-state index is -0.141. The minimum absolute atomic E-state index is 0.0381. The Hall–Kier alpha value is -2.66. The molecular formula is C21H22ClN3O2. The number of aromatic nitrogens is 2. The minimum Gasteiger partial charge on any atom is -0.326 e. The highest BCUT2D eigenvalue weighted by atomic mass is 35.5. The highest BCUT2D eigenvalue weighted by molar-refractivity contribution is 6.30. The third-order valence-corrected chi connectivity index (χ3v) is 4.51. The number of fused-ring (bicyclic) bond motifs is 1. The van der Waals surface area contributed by atoms with Crippen molar-refractivity contribution < 1.29 is 4.79 Å². The highest BCUT2D eigenvalue weighted by Gasteiger charge is 2.16. The maximum Gasteiger partial charge on any atom is 0.265 e. The summed E-state index contributed by atoms with van der Waals surface area (Å²) in [5, 5.41) is 3.97. The van der Waals surface area contributed by atoms with E-state index in [1.54, 1.807) is 34.9 Å². The van der Waals surface area contributed by atoms with Gasteiger partial charge in [-0.25, -0.2) is 4.98 Å². The fraction of sp³-hybridized carbons (Fsp3) is 0.286. The monoisotopic (exact) mass is 383 g/mol. The number of amides is 1. The molecule has 0 aliphatic carbocycles. The van der Waals surface area contributed by atoms with Gasteiger partial charge in [-0.05, 0) is 48.9 Å². The van der Waals surface area contributed by atoms with Gasteiger partial charge in [-0.2, -0.15) is 0 Å². The summed E-state index contributed by atoms with van der Waals surface area (Å²) in [5.41, 5.74) is 1.80. The fourth-order valence-electron chi connectivity index (χ4n) is 2.96. The molecule has 0 atom stereocenters. The average Bonchev–Trinajstić information content (AvgIpc) is 2.62. The summed E-state index contributed by atoms with van der Waals surface area (Å²) in [4.78, 5) is 29.8. The van der Waals surface area contributed by atoms with E-state index in [0.29, 0.717) is 33.9 Å². The van der Waals surface area contributed by atoms with E-state index in [9.17, 15) is 9.59 Å². The first-order valence-electron chi connectivity index (χ1n) is 9.03. The van der Waals surface area contributed by atoms with Gasteiger partial charge in [0, 0.05) is 23.0 Å². The van der Waals surface area contributed by atoms with E-state index in [2.05, 4.69) is 5.32 Å². The van der Waals surface area contributed by atoms with Crippen LogP contribution >= 0.6 is 11.6 Å². The zero-order chi connectivity index (χ0) is 19.6. The second-order valence-electron chi connectivity index (χ2n) is 6.77. The molecule has 2 aromatic carbocycles. The number of anilines is 1. The van der Waals surface area contributed by atoms with E-state index < -0.39 is 0 Å². The Morgan fingerprint density at radius 3 is 2.52 bits per heavy atom. The van der Waals surface area contributed by atoms with E-state index in [0.717, 1.165) is 12.1 Å². The summed E-state index contributed by atoms with van der Waals surface area (Å²) in [6.45, 7) is 5.94. The van der Waals surface area contributed by atoms with Crippen LogP contribution in [0, 0.1) is 0 Å².